The first-order valence-electron chi connectivity index (χ1n) is 9.66. The van der Waals surface area contributed by atoms with Crippen LogP contribution < -0.4 is 5.56 Å². The lowest BCUT2D eigenvalue weighted by atomic mass is 9.96. The van der Waals surface area contributed by atoms with Crippen LogP contribution in [-0.4, -0.2) is 23.4 Å². The molecule has 3 aromatic rings. The van der Waals surface area contributed by atoms with Gasteiger partial charge in [0.25, 0.3) is 5.56 Å². The normalized spacial score (nSPS) is 17.6. The number of carbonyl (C=O) groups is 1. The third kappa shape index (κ3) is 3.01. The molecule has 2 aromatic heterocycles. The van der Waals surface area contributed by atoms with Gasteiger partial charge in [0.15, 0.2) is 0 Å². The summed E-state index contributed by atoms with van der Waals surface area (Å²) in [6.07, 6.45) is 2.58. The minimum absolute atomic E-state index is 0.106. The van der Waals surface area contributed by atoms with Gasteiger partial charge in [-0.05, 0) is 64.2 Å². The number of esters is 1. The van der Waals surface area contributed by atoms with Crippen molar-refractivity contribution in [2.45, 2.75) is 36.2 Å². The molecule has 2 aliphatic rings. The second-order valence-electron chi connectivity index (χ2n) is 7.47. The van der Waals surface area contributed by atoms with Crippen LogP contribution in [0.25, 0.3) is 20.5 Å². The van der Waals surface area contributed by atoms with Gasteiger partial charge < -0.3 is 4.74 Å². The Balaban J connectivity index is 1.75. The van der Waals surface area contributed by atoms with E-state index in [1.54, 1.807) is 11.3 Å². The van der Waals surface area contributed by atoms with E-state index in [0.717, 1.165) is 39.9 Å². The fourth-order valence-electron chi connectivity index (χ4n) is 4.17. The Kier molecular flexibility index (Phi) is 4.81. The van der Waals surface area contributed by atoms with Crippen LogP contribution in [0, 0.1) is 0 Å². The van der Waals surface area contributed by atoms with E-state index in [-0.39, 0.29) is 5.69 Å². The molecule has 1 atom stereocenters. The molecule has 1 saturated carbocycles. The van der Waals surface area contributed by atoms with Crippen LogP contribution in [0.4, 0.5) is 5.69 Å². The van der Waals surface area contributed by atoms with Crippen LogP contribution >= 0.6 is 23.1 Å². The third-order valence-electron chi connectivity index (χ3n) is 5.70. The first-order valence-corrected chi connectivity index (χ1v) is 11.5. The topological polar surface area (TPSA) is 97.1 Å². The van der Waals surface area contributed by atoms with Crippen molar-refractivity contribution >= 4 is 44.8 Å². The van der Waals surface area contributed by atoms with Crippen LogP contribution in [0.3, 0.4) is 0 Å². The van der Waals surface area contributed by atoms with Crippen LogP contribution in [-0.2, 0) is 16.0 Å². The van der Waals surface area contributed by atoms with Gasteiger partial charge >= 0.3 is 5.97 Å². The van der Waals surface area contributed by atoms with E-state index in [4.69, 9.17) is 4.74 Å². The summed E-state index contributed by atoms with van der Waals surface area (Å²) in [7, 11) is 1.32. The van der Waals surface area contributed by atoms with Crippen LogP contribution in [0.15, 0.2) is 44.6 Å². The fraction of sp³-hybridized carbons (Fsp3) is 0.333. The van der Waals surface area contributed by atoms with E-state index in [9.17, 15) is 15.1 Å². The van der Waals surface area contributed by atoms with E-state index in [0.29, 0.717) is 18.1 Å². The molecule has 0 unspecified atom stereocenters. The molecule has 0 spiro atoms. The van der Waals surface area contributed by atoms with Gasteiger partial charge in [0, 0.05) is 15.4 Å². The summed E-state index contributed by atoms with van der Waals surface area (Å²) in [6, 6.07) is 7.48. The van der Waals surface area contributed by atoms with Gasteiger partial charge in [-0.25, -0.2) is 4.79 Å². The van der Waals surface area contributed by atoms with Gasteiger partial charge in [-0.15, -0.1) is 23.1 Å². The number of carbonyl (C=O) groups excluding carboxylic acids is 1. The molecule has 7 nitrogen and oxygen atoms in total. The molecule has 0 saturated heterocycles. The molecule has 0 radical (unpaired) electrons. The molecular weight excluding hydrogens is 420 g/mol. The first-order chi connectivity index (χ1) is 14.6. The summed E-state index contributed by atoms with van der Waals surface area (Å²) in [5.41, 5.74) is 11.9. The summed E-state index contributed by atoms with van der Waals surface area (Å²) in [4.78, 5) is 28.6. The van der Waals surface area contributed by atoms with Gasteiger partial charge in [-0.2, -0.15) is 0 Å². The predicted molar refractivity (Wildman–Crippen MR) is 118 cm³/mol. The zero-order valence-electron chi connectivity index (χ0n) is 16.2. The number of fused-ring (bicyclic) bond motifs is 2. The molecular formula is C21H18N4O3S2. The number of ether oxygens (including phenoxy) is 1. The highest BCUT2D eigenvalue weighted by Gasteiger charge is 2.39. The molecule has 5 rings (SSSR count). The molecule has 152 valence electrons. The highest BCUT2D eigenvalue weighted by Crippen LogP contribution is 2.50. The maximum absolute atomic E-state index is 13.4. The number of pyridine rings is 1. The molecule has 0 bridgehead atoms. The molecule has 1 fully saturated rings. The fourth-order valence-corrected chi connectivity index (χ4v) is 6.53. The number of aromatic nitrogens is 1. The summed E-state index contributed by atoms with van der Waals surface area (Å²) >= 11 is 3.18. The summed E-state index contributed by atoms with van der Waals surface area (Å²) in [5, 5.41) is 7.90. The Bertz CT molecular complexity index is 1290. The number of rotatable bonds is 5. The molecule has 0 N–H and O–H groups in total. The van der Waals surface area contributed by atoms with E-state index < -0.39 is 17.6 Å². The molecule has 0 amide bonds. The van der Waals surface area contributed by atoms with Crippen molar-refractivity contribution in [3.8, 4) is 0 Å². The van der Waals surface area contributed by atoms with Crippen molar-refractivity contribution in [1.29, 1.82) is 0 Å². The number of methoxy groups -OCH3 is 1. The third-order valence-corrected chi connectivity index (χ3v) is 7.89. The van der Waals surface area contributed by atoms with Gasteiger partial charge in [0.2, 0.25) is 0 Å². The lowest BCUT2D eigenvalue weighted by molar-refractivity contribution is -0.143. The molecule has 3 heterocycles. The van der Waals surface area contributed by atoms with E-state index in [2.05, 4.69) is 27.5 Å². The van der Waals surface area contributed by atoms with Gasteiger partial charge in [0.05, 0.1) is 12.1 Å². The standard InChI is InChI=1S/C21H18N4O3S2/c1-28-21(27)15-10-30-20-17(11-6-7-11)14(18(23-24-22)19(26)25(15)20)8-12-9-29-16-5-3-2-4-13(12)16/h2-5,9,11,15H,6-8,10H2,1H3/t15-/m0/s1. The smallest absolute Gasteiger partial charge is 0.329 e. The minimum atomic E-state index is -0.691. The SMILES string of the molecule is COC(=O)[C@@H]1CSc2c(C3CC3)c(Cc3csc4ccccc34)c(N=[N+]=[N-])c(=O)n21. The summed E-state index contributed by atoms with van der Waals surface area (Å²) in [5.74, 6) is 0.319. The van der Waals surface area contributed by atoms with Crippen LogP contribution in [0.2, 0.25) is 0 Å². The number of thioether (sulfide) groups is 1. The Labute approximate surface area is 180 Å². The van der Waals surface area contributed by atoms with Crippen molar-refractivity contribution in [3.63, 3.8) is 0 Å². The molecule has 30 heavy (non-hydrogen) atoms. The van der Waals surface area contributed by atoms with Crippen LogP contribution in [0.5, 0.6) is 0 Å². The first kappa shape index (κ1) is 19.2. The van der Waals surface area contributed by atoms with Gasteiger partial charge in [-0.1, -0.05) is 23.3 Å². The maximum Gasteiger partial charge on any atom is 0.329 e. The van der Waals surface area contributed by atoms with Crippen molar-refractivity contribution in [1.82, 2.24) is 4.57 Å². The van der Waals surface area contributed by atoms with Crippen LogP contribution in [0.1, 0.15) is 41.5 Å². The number of hydrogen-bond donors (Lipinski definition) is 0. The van der Waals surface area contributed by atoms with Crippen molar-refractivity contribution < 1.29 is 9.53 Å². The highest BCUT2D eigenvalue weighted by atomic mass is 32.2. The van der Waals surface area contributed by atoms with Crippen molar-refractivity contribution in [2.24, 2.45) is 5.11 Å². The van der Waals surface area contributed by atoms with Gasteiger partial charge in [-0.3, -0.25) is 9.36 Å². The maximum atomic E-state index is 13.4. The highest BCUT2D eigenvalue weighted by molar-refractivity contribution is 7.99. The van der Waals surface area contributed by atoms with Crippen molar-refractivity contribution in [2.75, 3.05) is 12.9 Å². The second kappa shape index (κ2) is 7.50. The van der Waals surface area contributed by atoms with E-state index in [1.807, 2.05) is 12.1 Å². The number of thiophene rings is 1. The average molecular weight is 439 g/mol. The lowest BCUT2D eigenvalue weighted by Crippen LogP contribution is -2.30. The lowest BCUT2D eigenvalue weighted by Gasteiger charge is -2.19. The zero-order valence-corrected chi connectivity index (χ0v) is 17.8. The van der Waals surface area contributed by atoms with E-state index >= 15 is 0 Å². The molecule has 1 aromatic carbocycles. The number of hydrogen-bond acceptors (Lipinski definition) is 6. The van der Waals surface area contributed by atoms with Crippen molar-refractivity contribution in [3.05, 3.63) is 67.1 Å². The second-order valence-corrected chi connectivity index (χ2v) is 9.39. The Morgan fingerprint density at radius 3 is 2.90 bits per heavy atom. The number of benzene rings is 1. The Morgan fingerprint density at radius 2 is 2.17 bits per heavy atom. The van der Waals surface area contributed by atoms with E-state index in [1.165, 1.54) is 28.1 Å². The zero-order chi connectivity index (χ0) is 20.8. The largest absolute Gasteiger partial charge is 0.467 e. The molecule has 1 aliphatic carbocycles. The summed E-state index contributed by atoms with van der Waals surface area (Å²) < 4.78 is 7.58. The quantitative estimate of drug-likeness (QED) is 0.234. The number of nitrogens with zero attached hydrogens (tertiary/aromatic N) is 4. The minimum Gasteiger partial charge on any atom is -0.467 e. The van der Waals surface area contributed by atoms with Gasteiger partial charge in [0.1, 0.15) is 11.7 Å². The molecule has 9 heteroatoms. The predicted octanol–water partition coefficient (Wildman–Crippen LogP) is 5.29. The average Bonchev–Trinajstić information content (AvgIpc) is 3.37. The monoisotopic (exact) mass is 438 g/mol. The summed E-state index contributed by atoms with van der Waals surface area (Å²) in [6.45, 7) is 0. The Hall–Kier alpha value is -2.74. The molecule has 1 aliphatic heterocycles. The Morgan fingerprint density at radius 1 is 1.37 bits per heavy atom. The number of azide groups is 1.